The molecule has 0 saturated carbocycles. The number of nitrogen functional groups attached to an aromatic ring is 1. The van der Waals surface area contributed by atoms with Crippen LogP contribution in [0.5, 0.6) is 0 Å². The van der Waals surface area contributed by atoms with Crippen LogP contribution >= 0.6 is 0 Å². The molecule has 0 unspecified atom stereocenters. The predicted octanol–water partition coefficient (Wildman–Crippen LogP) is 3.45. The summed E-state index contributed by atoms with van der Waals surface area (Å²) in [5.74, 6) is -1.66. The summed E-state index contributed by atoms with van der Waals surface area (Å²) >= 11 is 0. The van der Waals surface area contributed by atoms with Crippen LogP contribution in [0.2, 0.25) is 0 Å². The molecule has 10 atom stereocenters. The third-order valence-corrected chi connectivity index (χ3v) is 11.0. The van der Waals surface area contributed by atoms with Crippen LogP contribution in [0.4, 0.5) is 5.69 Å². The van der Waals surface area contributed by atoms with E-state index in [9.17, 15) is 24.3 Å². The first-order valence-electron chi connectivity index (χ1n) is 19.2. The lowest BCUT2D eigenvalue weighted by molar-refractivity contribution is -0.148. The number of amides is 4. The van der Waals surface area contributed by atoms with Crippen molar-refractivity contribution in [2.24, 2.45) is 23.7 Å². The number of methoxy groups -OCH3 is 2. The van der Waals surface area contributed by atoms with Crippen molar-refractivity contribution in [1.82, 2.24) is 25.3 Å². The van der Waals surface area contributed by atoms with Gasteiger partial charge in [0.2, 0.25) is 23.6 Å². The molecule has 1 saturated heterocycles. The molecule has 0 aromatic heterocycles. The Morgan fingerprint density at radius 1 is 0.962 bits per heavy atom. The van der Waals surface area contributed by atoms with Crippen LogP contribution in [0.1, 0.15) is 92.7 Å². The van der Waals surface area contributed by atoms with Crippen LogP contribution < -0.4 is 16.4 Å². The van der Waals surface area contributed by atoms with E-state index in [1.807, 2.05) is 60.5 Å². The number of anilines is 1. The van der Waals surface area contributed by atoms with Crippen LogP contribution in [0, 0.1) is 23.7 Å². The van der Waals surface area contributed by atoms with E-state index < -0.39 is 48.4 Å². The quantitative estimate of drug-likeness (QED) is 0.146. The largest absolute Gasteiger partial charge is 0.399 e. The Morgan fingerprint density at radius 3 is 2.11 bits per heavy atom. The molecule has 13 nitrogen and oxygen atoms in total. The zero-order valence-electron chi connectivity index (χ0n) is 34.6. The summed E-state index contributed by atoms with van der Waals surface area (Å²) < 4.78 is 11.9. The smallest absolute Gasteiger partial charge is 0.245 e. The average Bonchev–Trinajstić information content (AvgIpc) is 3.58. The predicted molar refractivity (Wildman–Crippen MR) is 209 cm³/mol. The second-order valence-electron chi connectivity index (χ2n) is 15.9. The molecule has 5 N–H and O–H groups in total. The number of nitrogens with two attached hydrogens (primary N) is 1. The Balaban J connectivity index is 2.26. The molecule has 0 aliphatic carbocycles. The van der Waals surface area contributed by atoms with Crippen molar-refractivity contribution in [3.63, 3.8) is 0 Å². The molecular weight excluding hydrogens is 676 g/mol. The van der Waals surface area contributed by atoms with E-state index in [1.165, 1.54) is 0 Å². The summed E-state index contributed by atoms with van der Waals surface area (Å²) in [5.41, 5.74) is 7.02. The van der Waals surface area contributed by atoms with E-state index in [4.69, 9.17) is 15.2 Å². The number of nitrogens with zero attached hydrogens (tertiary/aromatic N) is 3. The molecule has 1 heterocycles. The zero-order valence-corrected chi connectivity index (χ0v) is 34.6. The zero-order chi connectivity index (χ0) is 40.3. The molecule has 53 heavy (non-hydrogen) atoms. The fourth-order valence-electron chi connectivity index (χ4n) is 7.88. The summed E-state index contributed by atoms with van der Waals surface area (Å²) in [6, 6.07) is 4.36. The molecule has 0 spiro atoms. The number of carbonyl (C=O) groups is 4. The van der Waals surface area contributed by atoms with Gasteiger partial charge in [0.15, 0.2) is 0 Å². The number of aliphatic hydroxyl groups excluding tert-OH is 1. The minimum Gasteiger partial charge on any atom is -0.399 e. The molecule has 0 radical (unpaired) electrons. The minimum atomic E-state index is -0.961. The third kappa shape index (κ3) is 11.9. The molecule has 2 rings (SSSR count). The number of carbonyl (C=O) groups excluding carboxylic acids is 4. The topological polar surface area (TPSA) is 167 Å². The first-order chi connectivity index (χ1) is 24.8. The Labute approximate surface area is 318 Å². The van der Waals surface area contributed by atoms with Crippen LogP contribution in [-0.2, 0) is 28.7 Å². The van der Waals surface area contributed by atoms with Crippen LogP contribution in [0.15, 0.2) is 24.3 Å². The van der Waals surface area contributed by atoms with Crippen molar-refractivity contribution in [1.29, 1.82) is 0 Å². The lowest BCUT2D eigenvalue weighted by Gasteiger charge is -2.41. The maximum atomic E-state index is 14.2. The van der Waals surface area contributed by atoms with Gasteiger partial charge in [-0.25, -0.2) is 0 Å². The van der Waals surface area contributed by atoms with Gasteiger partial charge in [-0.05, 0) is 69.3 Å². The van der Waals surface area contributed by atoms with Gasteiger partial charge in [0, 0.05) is 33.5 Å². The lowest BCUT2D eigenvalue weighted by Crippen LogP contribution is -2.59. The highest BCUT2D eigenvalue weighted by Gasteiger charge is 2.43. The molecule has 1 aromatic carbocycles. The van der Waals surface area contributed by atoms with Crippen LogP contribution in [-0.4, -0.2) is 128 Å². The van der Waals surface area contributed by atoms with Crippen molar-refractivity contribution in [3.05, 3.63) is 29.8 Å². The summed E-state index contributed by atoms with van der Waals surface area (Å²) in [6.07, 6.45) is -0.0146. The van der Waals surface area contributed by atoms with E-state index in [2.05, 4.69) is 10.6 Å². The Morgan fingerprint density at radius 2 is 1.60 bits per heavy atom. The average molecular weight is 747 g/mol. The van der Waals surface area contributed by atoms with Gasteiger partial charge in [-0.2, -0.15) is 0 Å². The van der Waals surface area contributed by atoms with E-state index in [0.29, 0.717) is 24.2 Å². The van der Waals surface area contributed by atoms with Gasteiger partial charge in [0.1, 0.15) is 6.04 Å². The second-order valence-corrected chi connectivity index (χ2v) is 15.9. The lowest BCUT2D eigenvalue weighted by atomic mass is 9.89. The molecule has 4 amide bonds. The molecule has 1 fully saturated rings. The molecule has 13 heteroatoms. The van der Waals surface area contributed by atoms with Crippen molar-refractivity contribution >= 4 is 29.3 Å². The fraction of sp³-hybridized carbons (Fsp3) is 0.750. The Hall–Kier alpha value is -3.26. The molecule has 302 valence electrons. The number of likely N-dealkylation sites (N-methyl/N-ethyl adjacent to an activating group) is 2. The van der Waals surface area contributed by atoms with Gasteiger partial charge in [-0.3, -0.25) is 24.1 Å². The summed E-state index contributed by atoms with van der Waals surface area (Å²) in [7, 11) is 8.54. The van der Waals surface area contributed by atoms with Crippen molar-refractivity contribution in [2.45, 2.75) is 130 Å². The summed E-state index contributed by atoms with van der Waals surface area (Å²) in [5, 5.41) is 16.9. The van der Waals surface area contributed by atoms with Crippen molar-refractivity contribution in [3.8, 4) is 0 Å². The van der Waals surface area contributed by atoms with E-state index >= 15 is 0 Å². The number of hydrogen-bond acceptors (Lipinski definition) is 9. The van der Waals surface area contributed by atoms with Crippen LogP contribution in [0.25, 0.3) is 0 Å². The highest BCUT2D eigenvalue weighted by molar-refractivity contribution is 5.90. The highest BCUT2D eigenvalue weighted by Crippen LogP contribution is 2.30. The maximum absolute atomic E-state index is 14.2. The second kappa shape index (κ2) is 21.0. The molecule has 1 aliphatic heterocycles. The maximum Gasteiger partial charge on any atom is 0.245 e. The molecular formula is C40H70N6O7. The number of aliphatic hydroxyl groups is 1. The van der Waals surface area contributed by atoms with Gasteiger partial charge >= 0.3 is 0 Å². The summed E-state index contributed by atoms with van der Waals surface area (Å²) in [6.45, 7) is 15.9. The standard InChI is InChI=1S/C40H70N6O7/c1-14-25(6)35(45(11)40(51)33(23(2)3)43-39(50)34(24(4)5)44(9)10)31(52-12)22-32(47)46-20-16-19-30(46)37(53-13)26(7)38(49)42-27(8)36(48)28-17-15-18-29(41)21-28/h15,17-18,21,23-27,30-31,33-37,48H,14,16,19-20,22,41H2,1-13H3,(H,42,49)(H,43,50)/t25-,26+,27+,30-,31+,33-,34-,35-,36+,37+/m0/s1. The monoisotopic (exact) mass is 747 g/mol. The molecule has 1 aromatic rings. The first-order valence-corrected chi connectivity index (χ1v) is 19.2. The number of benzene rings is 1. The molecule has 1 aliphatic rings. The van der Waals surface area contributed by atoms with Gasteiger partial charge in [0.25, 0.3) is 0 Å². The van der Waals surface area contributed by atoms with Gasteiger partial charge in [-0.1, -0.05) is 67.0 Å². The highest BCUT2D eigenvalue weighted by atomic mass is 16.5. The normalized spacial score (nSPS) is 19.9. The number of rotatable bonds is 20. The van der Waals surface area contributed by atoms with Gasteiger partial charge in [-0.15, -0.1) is 0 Å². The van der Waals surface area contributed by atoms with Gasteiger partial charge in [0.05, 0.1) is 54.8 Å². The number of likely N-dealkylation sites (tertiary alicyclic amines) is 1. The van der Waals surface area contributed by atoms with Crippen LogP contribution in [0.3, 0.4) is 0 Å². The van der Waals surface area contributed by atoms with E-state index in [-0.39, 0.29) is 53.8 Å². The third-order valence-electron chi connectivity index (χ3n) is 11.0. The Bertz CT molecular complexity index is 1330. The first kappa shape index (κ1) is 45.9. The molecule has 0 bridgehead atoms. The van der Waals surface area contributed by atoms with E-state index in [0.717, 1.165) is 12.8 Å². The number of nitrogens with one attached hydrogen (secondary N) is 2. The Kier molecular flexibility index (Phi) is 18.2. The van der Waals surface area contributed by atoms with Crippen molar-refractivity contribution < 1.29 is 33.8 Å². The fourth-order valence-corrected chi connectivity index (χ4v) is 7.88. The van der Waals surface area contributed by atoms with E-state index in [1.54, 1.807) is 69.2 Å². The number of ether oxygens (including phenoxy) is 2. The number of hydrogen-bond donors (Lipinski definition) is 4. The summed E-state index contributed by atoms with van der Waals surface area (Å²) in [4.78, 5) is 60.6. The van der Waals surface area contributed by atoms with Gasteiger partial charge < -0.3 is 40.7 Å². The SMILES string of the molecule is CC[C@H](C)[C@@H]([C@@H](CC(=O)N1CCC[C@H]1[C@H](OC)[C@@H](C)C(=O)N[C@H](C)[C@@H](O)c1cccc(N)c1)OC)N(C)C(=O)[C@@H](NC(=O)[C@H](C(C)C)N(C)C)C(C)C. The minimum absolute atomic E-state index is 0.0226. The van der Waals surface area contributed by atoms with Crippen molar-refractivity contribution in [2.75, 3.05) is 47.6 Å².